The number of morpholine rings is 1. The Kier molecular flexibility index (Phi) is 7.11. The second kappa shape index (κ2) is 10.9. The van der Waals surface area contributed by atoms with Crippen molar-refractivity contribution in [2.45, 2.75) is 44.7 Å². The van der Waals surface area contributed by atoms with Gasteiger partial charge < -0.3 is 14.8 Å². The molecule has 8 nitrogen and oxygen atoms in total. The number of ether oxygens (including phenoxy) is 2. The van der Waals surface area contributed by atoms with Crippen molar-refractivity contribution < 1.29 is 9.47 Å². The van der Waals surface area contributed by atoms with Crippen molar-refractivity contribution >= 4 is 26.7 Å². The van der Waals surface area contributed by atoms with Gasteiger partial charge in [-0.2, -0.15) is 5.10 Å². The molecule has 36 heavy (non-hydrogen) atoms. The highest BCUT2D eigenvalue weighted by atomic mass is 32.1. The van der Waals surface area contributed by atoms with Gasteiger partial charge in [-0.1, -0.05) is 30.6 Å². The molecule has 4 aromatic rings. The van der Waals surface area contributed by atoms with Gasteiger partial charge in [0.25, 0.3) is 0 Å². The largest absolute Gasteiger partial charge is 0.456 e. The third-order valence-electron chi connectivity index (χ3n) is 6.96. The molecular weight excluding hydrogens is 472 g/mol. The molecule has 188 valence electrons. The number of aromatic nitrogens is 4. The van der Waals surface area contributed by atoms with Crippen LogP contribution in [-0.2, 0) is 11.3 Å². The van der Waals surface area contributed by atoms with Crippen molar-refractivity contribution in [1.29, 1.82) is 0 Å². The average molecular weight is 505 g/mol. The quantitative estimate of drug-likeness (QED) is 0.343. The van der Waals surface area contributed by atoms with E-state index < -0.39 is 0 Å². The lowest BCUT2D eigenvalue weighted by Crippen LogP contribution is -2.38. The first-order valence-electron chi connectivity index (χ1n) is 12.9. The zero-order valence-electron chi connectivity index (χ0n) is 20.4. The van der Waals surface area contributed by atoms with Gasteiger partial charge >= 0.3 is 0 Å². The molecule has 0 unspecified atom stereocenters. The Morgan fingerprint density at radius 3 is 2.75 bits per heavy atom. The molecule has 1 N–H and O–H groups in total. The highest BCUT2D eigenvalue weighted by Crippen LogP contribution is 2.33. The summed E-state index contributed by atoms with van der Waals surface area (Å²) >= 11 is 1.69. The van der Waals surface area contributed by atoms with Crippen molar-refractivity contribution in [3.8, 4) is 22.6 Å². The number of anilines is 1. The smallest absolute Gasteiger partial charge is 0.184 e. The van der Waals surface area contributed by atoms with E-state index in [1.807, 2.05) is 35.3 Å². The summed E-state index contributed by atoms with van der Waals surface area (Å²) in [6, 6.07) is 8.64. The molecule has 0 radical (unpaired) electrons. The topological polar surface area (TPSA) is 77.3 Å². The van der Waals surface area contributed by atoms with E-state index in [9.17, 15) is 0 Å². The van der Waals surface area contributed by atoms with E-state index in [0.29, 0.717) is 11.8 Å². The van der Waals surface area contributed by atoms with E-state index in [1.165, 1.54) is 32.1 Å². The van der Waals surface area contributed by atoms with Gasteiger partial charge in [-0.25, -0.2) is 4.98 Å². The zero-order valence-corrected chi connectivity index (χ0v) is 21.3. The molecule has 2 fully saturated rings. The lowest BCUT2D eigenvalue weighted by molar-refractivity contribution is 0.0360. The van der Waals surface area contributed by atoms with E-state index in [-0.39, 0.29) is 0 Å². The van der Waals surface area contributed by atoms with Crippen LogP contribution in [0.15, 0.2) is 49.1 Å². The highest BCUT2D eigenvalue weighted by Gasteiger charge is 2.15. The van der Waals surface area contributed by atoms with Crippen LogP contribution in [0.3, 0.4) is 0 Å². The normalized spacial score (nSPS) is 17.4. The molecule has 0 bridgehead atoms. The fourth-order valence-corrected chi connectivity index (χ4v) is 5.90. The van der Waals surface area contributed by atoms with E-state index in [2.05, 4.69) is 32.6 Å². The molecule has 6 rings (SSSR count). The van der Waals surface area contributed by atoms with Gasteiger partial charge in [0.2, 0.25) is 0 Å². The molecule has 1 saturated carbocycles. The van der Waals surface area contributed by atoms with Gasteiger partial charge in [0.15, 0.2) is 5.13 Å². The molecule has 1 saturated heterocycles. The van der Waals surface area contributed by atoms with Crippen LogP contribution in [0.2, 0.25) is 0 Å². The van der Waals surface area contributed by atoms with E-state index in [1.54, 1.807) is 17.5 Å². The first-order valence-corrected chi connectivity index (χ1v) is 13.7. The third kappa shape index (κ3) is 5.69. The number of hydrogen-bond acceptors (Lipinski definition) is 8. The Bertz CT molecular complexity index is 1290. The van der Waals surface area contributed by atoms with Crippen LogP contribution in [0.25, 0.3) is 21.3 Å². The van der Waals surface area contributed by atoms with Gasteiger partial charge in [-0.15, -0.1) is 0 Å². The highest BCUT2D eigenvalue weighted by molar-refractivity contribution is 7.22. The molecule has 2 aliphatic rings. The Hall–Kier alpha value is -3.01. The fourth-order valence-electron chi connectivity index (χ4n) is 4.92. The van der Waals surface area contributed by atoms with Gasteiger partial charge in [0, 0.05) is 55.3 Å². The summed E-state index contributed by atoms with van der Waals surface area (Å²) in [4.78, 5) is 11.6. The number of hydrogen-bond donors (Lipinski definition) is 1. The minimum atomic E-state index is 0.549. The predicted molar refractivity (Wildman–Crippen MR) is 143 cm³/mol. The molecule has 0 atom stereocenters. The molecular formula is C27H32N6O2S. The van der Waals surface area contributed by atoms with Crippen LogP contribution in [0.1, 0.15) is 32.1 Å². The van der Waals surface area contributed by atoms with Crippen molar-refractivity contribution in [3.05, 3.63) is 49.1 Å². The van der Waals surface area contributed by atoms with Crippen LogP contribution in [0.5, 0.6) is 11.5 Å². The van der Waals surface area contributed by atoms with Gasteiger partial charge in [0.05, 0.1) is 42.4 Å². The maximum absolute atomic E-state index is 6.19. The molecule has 4 heterocycles. The summed E-state index contributed by atoms with van der Waals surface area (Å²) in [6.45, 7) is 5.45. The number of thiazole rings is 1. The summed E-state index contributed by atoms with van der Waals surface area (Å²) in [5, 5.41) is 9.19. The van der Waals surface area contributed by atoms with Gasteiger partial charge in [-0.3, -0.25) is 14.6 Å². The molecule has 9 heteroatoms. The summed E-state index contributed by atoms with van der Waals surface area (Å²) in [5.41, 5.74) is 3.02. The van der Waals surface area contributed by atoms with E-state index in [4.69, 9.17) is 14.5 Å². The van der Waals surface area contributed by atoms with Crippen LogP contribution >= 0.6 is 11.3 Å². The Morgan fingerprint density at radius 1 is 0.972 bits per heavy atom. The van der Waals surface area contributed by atoms with Crippen molar-refractivity contribution in [2.75, 3.05) is 38.2 Å². The number of nitrogens with one attached hydrogen (secondary N) is 1. The van der Waals surface area contributed by atoms with Crippen LogP contribution in [0, 0.1) is 0 Å². The van der Waals surface area contributed by atoms with Crippen molar-refractivity contribution in [2.24, 2.45) is 0 Å². The third-order valence-corrected chi connectivity index (χ3v) is 7.91. The minimum absolute atomic E-state index is 0.549. The molecule has 1 aromatic carbocycles. The van der Waals surface area contributed by atoms with Crippen molar-refractivity contribution in [1.82, 2.24) is 24.6 Å². The molecule has 1 aliphatic carbocycles. The number of fused-ring (bicyclic) bond motifs is 1. The number of benzene rings is 1. The Labute approximate surface area is 215 Å². The van der Waals surface area contributed by atoms with Gasteiger partial charge in [-0.05, 0) is 31.0 Å². The Morgan fingerprint density at radius 2 is 1.86 bits per heavy atom. The Balaban J connectivity index is 1.11. The van der Waals surface area contributed by atoms with Crippen molar-refractivity contribution in [3.63, 3.8) is 0 Å². The SMILES string of the molecule is c1cc2nc(NC3CCCCC3)sc2cc1Oc1cncc(-c2cnn(CCN3CCOCC3)c2)c1. The molecule has 3 aromatic heterocycles. The second-order valence-electron chi connectivity index (χ2n) is 9.59. The van der Waals surface area contributed by atoms with Gasteiger partial charge in [0.1, 0.15) is 11.5 Å². The standard InChI is InChI=1S/C27H32N6O2S/c1-2-4-22(5-3-1)30-27-31-25-7-6-23(15-26(25)36-27)35-24-14-20(16-28-18-24)21-17-29-33(19-21)9-8-32-10-12-34-13-11-32/h6-7,14-19,22H,1-5,8-13H2,(H,30,31). The average Bonchev–Trinajstić information content (AvgIpc) is 3.55. The first-order chi connectivity index (χ1) is 17.8. The first kappa shape index (κ1) is 23.4. The molecule has 1 aliphatic heterocycles. The molecule has 0 amide bonds. The summed E-state index contributed by atoms with van der Waals surface area (Å²) in [7, 11) is 0. The summed E-state index contributed by atoms with van der Waals surface area (Å²) in [5.74, 6) is 1.49. The number of pyridine rings is 1. The fraction of sp³-hybridized carbons (Fsp3) is 0.444. The van der Waals surface area contributed by atoms with E-state index in [0.717, 1.165) is 71.6 Å². The summed E-state index contributed by atoms with van der Waals surface area (Å²) in [6.07, 6.45) is 14.0. The monoisotopic (exact) mass is 504 g/mol. The lowest BCUT2D eigenvalue weighted by atomic mass is 9.96. The van der Waals surface area contributed by atoms with Crippen LogP contribution in [0.4, 0.5) is 5.13 Å². The van der Waals surface area contributed by atoms with Crippen LogP contribution in [-0.4, -0.2) is 63.5 Å². The molecule has 0 spiro atoms. The second-order valence-corrected chi connectivity index (χ2v) is 10.6. The summed E-state index contributed by atoms with van der Waals surface area (Å²) < 4.78 is 14.7. The predicted octanol–water partition coefficient (Wildman–Crippen LogP) is 5.42. The maximum atomic E-state index is 6.19. The number of nitrogens with zero attached hydrogens (tertiary/aromatic N) is 5. The number of rotatable bonds is 8. The maximum Gasteiger partial charge on any atom is 0.184 e. The van der Waals surface area contributed by atoms with E-state index >= 15 is 0 Å². The minimum Gasteiger partial charge on any atom is -0.456 e. The van der Waals surface area contributed by atoms with Crippen LogP contribution < -0.4 is 10.1 Å². The zero-order chi connectivity index (χ0) is 24.2. The lowest BCUT2D eigenvalue weighted by Gasteiger charge is -2.26.